The number of nitrogens with zero attached hydrogens (tertiary/aromatic N) is 2. The topological polar surface area (TPSA) is 89.8 Å². The van der Waals surface area contributed by atoms with E-state index in [1.807, 2.05) is 0 Å². The van der Waals surface area contributed by atoms with E-state index in [1.54, 1.807) is 4.90 Å². The van der Waals surface area contributed by atoms with Gasteiger partial charge in [0.05, 0.1) is 18.1 Å². The summed E-state index contributed by atoms with van der Waals surface area (Å²) in [5, 5.41) is 11.4. The highest BCUT2D eigenvalue weighted by atomic mass is 32.2. The van der Waals surface area contributed by atoms with E-state index in [0.29, 0.717) is 31.3 Å². The van der Waals surface area contributed by atoms with Crippen LogP contribution in [0, 0.1) is 10.1 Å². The minimum Gasteiger partial charge on any atom is -0.378 e. The van der Waals surface area contributed by atoms with Crippen molar-refractivity contribution < 1.29 is 18.1 Å². The molecule has 1 saturated heterocycles. The summed E-state index contributed by atoms with van der Waals surface area (Å²) in [4.78, 5) is 12.2. The Labute approximate surface area is 108 Å². The maximum Gasteiger partial charge on any atom is 0.305 e. The number of morpholine rings is 1. The molecule has 1 aromatic heterocycles. The molecule has 1 aliphatic heterocycles. The number of rotatable bonds is 3. The van der Waals surface area contributed by atoms with Gasteiger partial charge in [0.2, 0.25) is 0 Å². The number of hydrogen-bond donors (Lipinski definition) is 0. The number of ether oxygens (including phenoxy) is 1. The molecule has 0 aliphatic carbocycles. The summed E-state index contributed by atoms with van der Waals surface area (Å²) in [5.41, 5.74) is -0.151. The lowest BCUT2D eigenvalue weighted by molar-refractivity contribution is -0.383. The second kappa shape index (κ2) is 4.82. The number of hydrogen-bond acceptors (Lipinski definition) is 7. The van der Waals surface area contributed by atoms with Crippen LogP contribution in [-0.4, -0.2) is 45.9 Å². The van der Waals surface area contributed by atoms with Crippen molar-refractivity contribution in [2.75, 3.05) is 37.5 Å². The number of sulfone groups is 1. The highest BCUT2D eigenvalue weighted by Gasteiger charge is 2.28. The first-order chi connectivity index (χ1) is 8.39. The van der Waals surface area contributed by atoms with Gasteiger partial charge in [0.1, 0.15) is 4.21 Å². The molecule has 0 bridgehead atoms. The normalized spacial score (nSPS) is 16.8. The fourth-order valence-electron chi connectivity index (χ4n) is 1.66. The molecular formula is C9H12N2O5S2. The molecule has 0 spiro atoms. The molecule has 18 heavy (non-hydrogen) atoms. The second-order valence-corrected chi connectivity index (χ2v) is 7.16. The Morgan fingerprint density at radius 2 is 2.06 bits per heavy atom. The minimum atomic E-state index is -3.42. The Hall–Kier alpha value is -1.19. The SMILES string of the molecule is CS(=O)(=O)c1cc([N+](=O)[O-])c(N2CCOCC2)s1. The van der Waals surface area contributed by atoms with Crippen LogP contribution in [0.15, 0.2) is 10.3 Å². The predicted octanol–water partition coefficient (Wildman–Crippen LogP) is 0.896. The largest absolute Gasteiger partial charge is 0.378 e. The molecule has 0 unspecified atom stereocenters. The monoisotopic (exact) mass is 292 g/mol. The Bertz CT molecular complexity index is 560. The minimum absolute atomic E-state index is 0.0238. The molecule has 1 aromatic rings. The van der Waals surface area contributed by atoms with E-state index in [-0.39, 0.29) is 9.90 Å². The van der Waals surface area contributed by atoms with Crippen LogP contribution in [0.5, 0.6) is 0 Å². The van der Waals surface area contributed by atoms with Crippen LogP contribution in [0.25, 0.3) is 0 Å². The zero-order chi connectivity index (χ0) is 13.3. The molecule has 2 heterocycles. The molecule has 0 amide bonds. The molecule has 0 aromatic carbocycles. The van der Waals surface area contributed by atoms with E-state index in [0.717, 1.165) is 23.7 Å². The second-order valence-electron chi connectivity index (χ2n) is 3.88. The molecule has 7 nitrogen and oxygen atoms in total. The van der Waals surface area contributed by atoms with Crippen molar-refractivity contribution in [1.82, 2.24) is 0 Å². The Balaban J connectivity index is 2.44. The third-order valence-electron chi connectivity index (χ3n) is 2.53. The third-order valence-corrected chi connectivity index (χ3v) is 5.52. The lowest BCUT2D eigenvalue weighted by atomic mass is 10.4. The van der Waals surface area contributed by atoms with Crippen LogP contribution in [0.1, 0.15) is 0 Å². The van der Waals surface area contributed by atoms with Crippen molar-refractivity contribution >= 4 is 31.9 Å². The standard InChI is InChI=1S/C9H12N2O5S2/c1-18(14,15)8-6-7(11(12)13)9(17-8)10-2-4-16-5-3-10/h6H,2-5H2,1H3. The van der Waals surface area contributed by atoms with Crippen molar-refractivity contribution in [3.63, 3.8) is 0 Å². The van der Waals surface area contributed by atoms with Gasteiger partial charge in [0.15, 0.2) is 14.8 Å². The lowest BCUT2D eigenvalue weighted by Crippen LogP contribution is -2.35. The summed E-state index contributed by atoms with van der Waals surface area (Å²) in [6.07, 6.45) is 1.05. The molecule has 0 saturated carbocycles. The molecule has 1 fully saturated rings. The van der Waals surface area contributed by atoms with Crippen molar-refractivity contribution in [2.24, 2.45) is 0 Å². The van der Waals surface area contributed by atoms with Gasteiger partial charge in [0, 0.05) is 25.4 Å². The average molecular weight is 292 g/mol. The summed E-state index contributed by atoms with van der Waals surface area (Å²) in [7, 11) is -3.42. The Morgan fingerprint density at radius 3 is 2.56 bits per heavy atom. The van der Waals surface area contributed by atoms with E-state index in [1.165, 1.54) is 0 Å². The maximum absolute atomic E-state index is 11.4. The van der Waals surface area contributed by atoms with Gasteiger partial charge >= 0.3 is 5.69 Å². The molecule has 1 aliphatic rings. The number of thiophene rings is 1. The van der Waals surface area contributed by atoms with Gasteiger partial charge in [-0.15, -0.1) is 0 Å². The van der Waals surface area contributed by atoms with Gasteiger partial charge < -0.3 is 9.64 Å². The quantitative estimate of drug-likeness (QED) is 0.607. The Kier molecular flexibility index (Phi) is 3.55. The summed E-state index contributed by atoms with van der Waals surface area (Å²) < 4.78 is 28.1. The van der Waals surface area contributed by atoms with E-state index in [2.05, 4.69) is 0 Å². The van der Waals surface area contributed by atoms with Crippen molar-refractivity contribution in [3.05, 3.63) is 16.2 Å². The van der Waals surface area contributed by atoms with Gasteiger partial charge in [-0.05, 0) is 0 Å². The maximum atomic E-state index is 11.4. The van der Waals surface area contributed by atoms with Gasteiger partial charge in [0.25, 0.3) is 0 Å². The summed E-state index contributed by atoms with van der Waals surface area (Å²) >= 11 is 0.942. The first-order valence-corrected chi connectivity index (χ1v) is 7.91. The fraction of sp³-hybridized carbons (Fsp3) is 0.556. The smallest absolute Gasteiger partial charge is 0.305 e. The van der Waals surface area contributed by atoms with Crippen LogP contribution in [-0.2, 0) is 14.6 Å². The fourth-order valence-corrected chi connectivity index (χ4v) is 3.74. The van der Waals surface area contributed by atoms with Gasteiger partial charge in [-0.1, -0.05) is 11.3 Å². The van der Waals surface area contributed by atoms with Crippen LogP contribution in [0.2, 0.25) is 0 Å². The van der Waals surface area contributed by atoms with Gasteiger partial charge in [-0.2, -0.15) is 0 Å². The summed E-state index contributed by atoms with van der Waals surface area (Å²) in [5.74, 6) is 0. The highest BCUT2D eigenvalue weighted by Crippen LogP contribution is 2.39. The number of nitro groups is 1. The summed E-state index contributed by atoms with van der Waals surface area (Å²) in [6.45, 7) is 2.04. The molecule has 0 radical (unpaired) electrons. The zero-order valence-corrected chi connectivity index (χ0v) is 11.3. The van der Waals surface area contributed by atoms with E-state index in [4.69, 9.17) is 4.74 Å². The molecular weight excluding hydrogens is 280 g/mol. The van der Waals surface area contributed by atoms with E-state index in [9.17, 15) is 18.5 Å². The van der Waals surface area contributed by atoms with Gasteiger partial charge in [-0.25, -0.2) is 8.42 Å². The average Bonchev–Trinajstić information content (AvgIpc) is 2.74. The first kappa shape index (κ1) is 13.2. The Morgan fingerprint density at radius 1 is 1.44 bits per heavy atom. The highest BCUT2D eigenvalue weighted by molar-refractivity contribution is 7.92. The number of anilines is 1. The first-order valence-electron chi connectivity index (χ1n) is 5.20. The van der Waals surface area contributed by atoms with Crippen molar-refractivity contribution in [3.8, 4) is 0 Å². The van der Waals surface area contributed by atoms with Crippen molar-refractivity contribution in [2.45, 2.75) is 4.21 Å². The molecule has 0 atom stereocenters. The van der Waals surface area contributed by atoms with Crippen LogP contribution in [0.4, 0.5) is 10.7 Å². The van der Waals surface area contributed by atoms with Crippen LogP contribution in [0.3, 0.4) is 0 Å². The molecule has 2 rings (SSSR count). The lowest BCUT2D eigenvalue weighted by Gasteiger charge is -2.26. The van der Waals surface area contributed by atoms with Gasteiger partial charge in [-0.3, -0.25) is 10.1 Å². The van der Waals surface area contributed by atoms with E-state index >= 15 is 0 Å². The predicted molar refractivity (Wildman–Crippen MR) is 67.1 cm³/mol. The zero-order valence-electron chi connectivity index (χ0n) is 9.66. The van der Waals surface area contributed by atoms with Crippen LogP contribution >= 0.6 is 11.3 Å². The molecule has 0 N–H and O–H groups in total. The third kappa shape index (κ3) is 2.62. The van der Waals surface area contributed by atoms with Crippen molar-refractivity contribution in [1.29, 1.82) is 0 Å². The molecule has 100 valence electrons. The van der Waals surface area contributed by atoms with Crippen LogP contribution < -0.4 is 4.90 Å². The summed E-state index contributed by atoms with van der Waals surface area (Å²) in [6, 6.07) is 1.13. The van der Waals surface area contributed by atoms with E-state index < -0.39 is 14.8 Å². The molecule has 9 heteroatoms.